The molecule has 2 N–H and O–H groups in total. The Kier molecular flexibility index (Phi) is 5.65. The number of esters is 1. The quantitative estimate of drug-likeness (QED) is 0.788. The van der Waals surface area contributed by atoms with Crippen LogP contribution in [0.25, 0.3) is 0 Å². The fourth-order valence-corrected chi connectivity index (χ4v) is 1.38. The normalized spacial score (nSPS) is 13.8. The number of ether oxygens (including phenoxy) is 2. The van der Waals surface area contributed by atoms with Crippen molar-refractivity contribution in [2.75, 3.05) is 13.7 Å². The molecule has 2 unspecified atom stereocenters. The molecule has 0 spiro atoms. The smallest absolute Gasteiger partial charge is 0.327 e. The van der Waals surface area contributed by atoms with Gasteiger partial charge < -0.3 is 15.2 Å². The molecule has 0 radical (unpaired) electrons. The van der Waals surface area contributed by atoms with Gasteiger partial charge in [-0.25, -0.2) is 4.79 Å². The summed E-state index contributed by atoms with van der Waals surface area (Å²) in [6, 6.07) is 6.36. The molecule has 0 saturated heterocycles. The predicted molar refractivity (Wildman–Crippen MR) is 70.3 cm³/mol. The summed E-state index contributed by atoms with van der Waals surface area (Å²) in [5.41, 5.74) is 6.57. The summed E-state index contributed by atoms with van der Waals surface area (Å²) in [6.45, 7) is 4.51. The van der Waals surface area contributed by atoms with Crippen LogP contribution in [0, 0.1) is 5.92 Å². The molecule has 2 atom stereocenters. The van der Waals surface area contributed by atoms with E-state index in [0.717, 1.165) is 17.7 Å². The van der Waals surface area contributed by atoms with Crippen molar-refractivity contribution in [2.24, 2.45) is 11.7 Å². The maximum atomic E-state index is 11.7. The lowest BCUT2D eigenvalue weighted by molar-refractivity contribution is -0.146. The predicted octanol–water partition coefficient (Wildman–Crippen LogP) is 2.28. The van der Waals surface area contributed by atoms with Gasteiger partial charge in [-0.3, -0.25) is 0 Å². The van der Waals surface area contributed by atoms with Gasteiger partial charge in [-0.1, -0.05) is 32.4 Å². The van der Waals surface area contributed by atoms with Crippen molar-refractivity contribution < 1.29 is 14.3 Å². The van der Waals surface area contributed by atoms with Crippen LogP contribution in [-0.2, 0) is 9.53 Å². The number of hydrogen-bond donors (Lipinski definition) is 1. The minimum absolute atomic E-state index is 0.358. The van der Waals surface area contributed by atoms with E-state index in [0.29, 0.717) is 12.5 Å². The first-order valence-corrected chi connectivity index (χ1v) is 6.14. The molecule has 0 bridgehead atoms. The second-order valence-corrected chi connectivity index (χ2v) is 4.39. The Hall–Kier alpha value is -1.55. The van der Waals surface area contributed by atoms with E-state index in [9.17, 15) is 4.79 Å². The average Bonchev–Trinajstić information content (AvgIpc) is 2.43. The Morgan fingerprint density at radius 3 is 2.44 bits per heavy atom. The van der Waals surface area contributed by atoms with Crippen LogP contribution >= 0.6 is 0 Å². The molecule has 18 heavy (non-hydrogen) atoms. The van der Waals surface area contributed by atoms with Crippen LogP contribution < -0.4 is 10.5 Å². The van der Waals surface area contributed by atoms with Crippen molar-refractivity contribution in [3.63, 3.8) is 0 Å². The van der Waals surface area contributed by atoms with E-state index in [4.69, 9.17) is 15.2 Å². The lowest BCUT2D eigenvalue weighted by Gasteiger charge is -2.14. The van der Waals surface area contributed by atoms with E-state index in [1.807, 2.05) is 6.92 Å². The largest absolute Gasteiger partial charge is 0.497 e. The topological polar surface area (TPSA) is 61.5 Å². The highest BCUT2D eigenvalue weighted by Gasteiger charge is 2.18. The van der Waals surface area contributed by atoms with Gasteiger partial charge in [0, 0.05) is 0 Å². The molecule has 0 aliphatic carbocycles. The zero-order valence-corrected chi connectivity index (χ0v) is 11.2. The molecule has 4 heteroatoms. The maximum absolute atomic E-state index is 11.7. The number of benzene rings is 1. The Morgan fingerprint density at radius 2 is 1.94 bits per heavy atom. The number of carbonyl (C=O) groups is 1. The number of carbonyl (C=O) groups excluding carboxylic acids is 1. The van der Waals surface area contributed by atoms with E-state index in [2.05, 4.69) is 6.92 Å². The van der Waals surface area contributed by atoms with Crippen LogP contribution in [0.3, 0.4) is 0 Å². The second kappa shape index (κ2) is 7.01. The summed E-state index contributed by atoms with van der Waals surface area (Å²) >= 11 is 0. The van der Waals surface area contributed by atoms with Gasteiger partial charge in [0.15, 0.2) is 0 Å². The van der Waals surface area contributed by atoms with E-state index in [1.54, 1.807) is 31.4 Å². The summed E-state index contributed by atoms with van der Waals surface area (Å²) in [5.74, 6) is 0.705. The van der Waals surface area contributed by atoms with Gasteiger partial charge in [-0.2, -0.15) is 0 Å². The number of rotatable bonds is 6. The third-order valence-electron chi connectivity index (χ3n) is 2.94. The minimum atomic E-state index is -0.736. The molecule has 0 heterocycles. The molecule has 0 aliphatic rings. The summed E-state index contributed by atoms with van der Waals surface area (Å²) < 4.78 is 10.2. The summed E-state index contributed by atoms with van der Waals surface area (Å²) in [7, 11) is 1.59. The van der Waals surface area contributed by atoms with Crippen LogP contribution in [0.5, 0.6) is 5.75 Å². The van der Waals surface area contributed by atoms with Gasteiger partial charge in [-0.15, -0.1) is 0 Å². The van der Waals surface area contributed by atoms with E-state index < -0.39 is 6.04 Å². The molecule has 0 saturated carbocycles. The molecule has 0 aliphatic heterocycles. The molecule has 0 amide bonds. The minimum Gasteiger partial charge on any atom is -0.497 e. The average molecular weight is 251 g/mol. The molecule has 1 aromatic rings. The SMILES string of the molecule is CCC(C)COC(=O)C(N)c1ccc(OC)cc1. The summed E-state index contributed by atoms with van der Waals surface area (Å²) in [4.78, 5) is 11.7. The van der Waals surface area contributed by atoms with E-state index in [1.165, 1.54) is 0 Å². The van der Waals surface area contributed by atoms with E-state index in [-0.39, 0.29) is 5.97 Å². The van der Waals surface area contributed by atoms with Gasteiger partial charge in [-0.05, 0) is 23.6 Å². The lowest BCUT2D eigenvalue weighted by atomic mass is 10.1. The maximum Gasteiger partial charge on any atom is 0.327 e. The van der Waals surface area contributed by atoms with Crippen LogP contribution in [0.15, 0.2) is 24.3 Å². The van der Waals surface area contributed by atoms with Crippen molar-refractivity contribution in [2.45, 2.75) is 26.3 Å². The fraction of sp³-hybridized carbons (Fsp3) is 0.500. The summed E-state index contributed by atoms with van der Waals surface area (Å²) in [6.07, 6.45) is 0.977. The molecular weight excluding hydrogens is 230 g/mol. The van der Waals surface area contributed by atoms with Crippen molar-refractivity contribution >= 4 is 5.97 Å². The molecule has 100 valence electrons. The lowest BCUT2D eigenvalue weighted by Crippen LogP contribution is -2.25. The molecule has 0 aromatic heterocycles. The number of methoxy groups -OCH3 is 1. The van der Waals surface area contributed by atoms with Gasteiger partial charge in [0.1, 0.15) is 11.8 Å². The second-order valence-electron chi connectivity index (χ2n) is 4.39. The third-order valence-corrected chi connectivity index (χ3v) is 2.94. The first-order valence-electron chi connectivity index (χ1n) is 6.14. The third kappa shape index (κ3) is 4.04. The van der Waals surface area contributed by atoms with Crippen LogP contribution in [0.2, 0.25) is 0 Å². The molecule has 1 aromatic carbocycles. The Labute approximate surface area is 108 Å². The monoisotopic (exact) mass is 251 g/mol. The van der Waals surface area contributed by atoms with Crippen LogP contribution in [0.4, 0.5) is 0 Å². The van der Waals surface area contributed by atoms with Crippen molar-refractivity contribution in [3.05, 3.63) is 29.8 Å². The van der Waals surface area contributed by atoms with Gasteiger partial charge in [0.05, 0.1) is 13.7 Å². The van der Waals surface area contributed by atoms with Gasteiger partial charge >= 0.3 is 5.97 Å². The van der Waals surface area contributed by atoms with Crippen LogP contribution in [-0.4, -0.2) is 19.7 Å². The molecular formula is C14H21NO3. The van der Waals surface area contributed by atoms with E-state index >= 15 is 0 Å². The van der Waals surface area contributed by atoms with Gasteiger partial charge in [0.2, 0.25) is 0 Å². The Morgan fingerprint density at radius 1 is 1.33 bits per heavy atom. The first kappa shape index (κ1) is 14.5. The molecule has 1 rings (SSSR count). The zero-order valence-electron chi connectivity index (χ0n) is 11.2. The van der Waals surface area contributed by atoms with Crippen molar-refractivity contribution in [1.29, 1.82) is 0 Å². The standard InChI is InChI=1S/C14H21NO3/c1-4-10(2)9-18-14(16)13(15)11-5-7-12(17-3)8-6-11/h5-8,10,13H,4,9,15H2,1-3H3. The number of nitrogens with two attached hydrogens (primary N) is 1. The van der Waals surface area contributed by atoms with Gasteiger partial charge in [0.25, 0.3) is 0 Å². The molecule has 0 fully saturated rings. The Bertz CT molecular complexity index is 375. The Balaban J connectivity index is 2.56. The highest BCUT2D eigenvalue weighted by molar-refractivity contribution is 5.77. The zero-order chi connectivity index (χ0) is 13.5. The van der Waals surface area contributed by atoms with Crippen molar-refractivity contribution in [1.82, 2.24) is 0 Å². The van der Waals surface area contributed by atoms with Crippen LogP contribution in [0.1, 0.15) is 31.9 Å². The number of hydrogen-bond acceptors (Lipinski definition) is 4. The van der Waals surface area contributed by atoms with Crippen molar-refractivity contribution in [3.8, 4) is 5.75 Å². The summed E-state index contributed by atoms with van der Waals surface area (Å²) in [5, 5.41) is 0. The first-order chi connectivity index (χ1) is 8.58. The highest BCUT2D eigenvalue weighted by atomic mass is 16.5. The fourth-order valence-electron chi connectivity index (χ4n) is 1.38. The highest BCUT2D eigenvalue weighted by Crippen LogP contribution is 2.17. The molecule has 4 nitrogen and oxygen atoms in total.